The Balaban J connectivity index is 2.06. The van der Waals surface area contributed by atoms with Crippen LogP contribution in [0.1, 0.15) is 50.8 Å². The summed E-state index contributed by atoms with van der Waals surface area (Å²) < 4.78 is 0. The number of aryl methyl sites for hydroxylation is 1. The van der Waals surface area contributed by atoms with Crippen LogP contribution in [0.25, 0.3) is 0 Å². The molecule has 3 heteroatoms. The van der Waals surface area contributed by atoms with Gasteiger partial charge in [-0.1, -0.05) is 13.8 Å². The van der Waals surface area contributed by atoms with Gasteiger partial charge in [-0.05, 0) is 62.8 Å². The first-order valence-corrected chi connectivity index (χ1v) is 8.16. The Labute approximate surface area is 123 Å². The van der Waals surface area contributed by atoms with E-state index in [4.69, 9.17) is 4.98 Å². The highest BCUT2D eigenvalue weighted by Crippen LogP contribution is 2.31. The zero-order chi connectivity index (χ0) is 14.4. The fraction of sp³-hybridized carbons (Fsp3) is 0.706. The number of pyridine rings is 1. The molecule has 0 atom stereocenters. The van der Waals surface area contributed by atoms with E-state index in [0.29, 0.717) is 0 Å². The van der Waals surface area contributed by atoms with Gasteiger partial charge in [0.2, 0.25) is 0 Å². The highest BCUT2D eigenvalue weighted by atomic mass is 15.2. The Morgan fingerprint density at radius 3 is 2.70 bits per heavy atom. The van der Waals surface area contributed by atoms with E-state index in [9.17, 15) is 0 Å². The van der Waals surface area contributed by atoms with Crippen molar-refractivity contribution in [2.45, 2.75) is 53.0 Å². The van der Waals surface area contributed by atoms with Crippen LogP contribution in [0.2, 0.25) is 0 Å². The van der Waals surface area contributed by atoms with E-state index in [2.05, 4.69) is 43.1 Å². The molecule has 0 radical (unpaired) electrons. The number of nitrogens with zero attached hydrogens (tertiary/aromatic N) is 2. The zero-order valence-corrected chi connectivity index (χ0v) is 13.3. The van der Waals surface area contributed by atoms with E-state index in [-0.39, 0.29) is 0 Å². The maximum absolute atomic E-state index is 4.76. The van der Waals surface area contributed by atoms with Gasteiger partial charge in [-0.25, -0.2) is 4.98 Å². The summed E-state index contributed by atoms with van der Waals surface area (Å²) in [5, 5.41) is 3.48. The van der Waals surface area contributed by atoms with Crippen LogP contribution < -0.4 is 10.2 Å². The predicted molar refractivity (Wildman–Crippen MR) is 86.2 cm³/mol. The number of aromatic nitrogens is 1. The first kappa shape index (κ1) is 15.3. The lowest BCUT2D eigenvalue weighted by atomic mass is 10.2. The Kier molecular flexibility index (Phi) is 5.84. The molecule has 3 nitrogen and oxygen atoms in total. The van der Waals surface area contributed by atoms with Gasteiger partial charge >= 0.3 is 0 Å². The molecule has 0 spiro atoms. The number of anilines is 1. The lowest BCUT2D eigenvalue weighted by Gasteiger charge is -2.24. The fourth-order valence-corrected chi connectivity index (χ4v) is 2.58. The summed E-state index contributed by atoms with van der Waals surface area (Å²) in [6, 6.07) is 4.47. The van der Waals surface area contributed by atoms with Crippen molar-refractivity contribution < 1.29 is 0 Å². The Bertz CT molecular complexity index is 413. The van der Waals surface area contributed by atoms with Crippen molar-refractivity contribution in [1.29, 1.82) is 0 Å². The summed E-state index contributed by atoms with van der Waals surface area (Å²) in [7, 11) is 0. The van der Waals surface area contributed by atoms with Gasteiger partial charge in [-0.15, -0.1) is 0 Å². The lowest BCUT2D eigenvalue weighted by molar-refractivity contribution is 0.670. The normalized spacial score (nSPS) is 14.6. The molecule has 1 saturated carbocycles. The molecule has 1 aliphatic carbocycles. The maximum Gasteiger partial charge on any atom is 0.129 e. The third kappa shape index (κ3) is 4.78. The first-order chi connectivity index (χ1) is 9.72. The Hall–Kier alpha value is -1.09. The van der Waals surface area contributed by atoms with Gasteiger partial charge in [0.15, 0.2) is 0 Å². The Morgan fingerprint density at radius 1 is 1.25 bits per heavy atom. The molecule has 2 rings (SSSR count). The van der Waals surface area contributed by atoms with Gasteiger partial charge in [-0.3, -0.25) is 0 Å². The molecule has 0 unspecified atom stereocenters. The monoisotopic (exact) mass is 275 g/mol. The van der Waals surface area contributed by atoms with Crippen LogP contribution in [0.4, 0.5) is 5.82 Å². The molecule has 1 N–H and O–H groups in total. The fourth-order valence-electron chi connectivity index (χ4n) is 2.58. The van der Waals surface area contributed by atoms with Crippen LogP contribution in [-0.4, -0.2) is 24.6 Å². The number of nitrogens with one attached hydrogen (secondary N) is 1. The van der Waals surface area contributed by atoms with Crippen molar-refractivity contribution in [2.24, 2.45) is 5.92 Å². The zero-order valence-electron chi connectivity index (χ0n) is 13.3. The quantitative estimate of drug-likeness (QED) is 0.699. The van der Waals surface area contributed by atoms with Gasteiger partial charge in [0.05, 0.1) is 0 Å². The second-order valence-electron chi connectivity index (χ2n) is 6.04. The van der Waals surface area contributed by atoms with E-state index >= 15 is 0 Å². The molecule has 1 aliphatic rings. The molecule has 0 aromatic carbocycles. The number of hydrogen-bond donors (Lipinski definition) is 1. The van der Waals surface area contributed by atoms with Gasteiger partial charge in [0.25, 0.3) is 0 Å². The summed E-state index contributed by atoms with van der Waals surface area (Å²) in [6.07, 6.45) is 5.17. The maximum atomic E-state index is 4.76. The number of rotatable bonds is 9. The van der Waals surface area contributed by atoms with E-state index in [1.807, 2.05) is 0 Å². The molecule has 112 valence electrons. The molecule has 0 amide bonds. The van der Waals surface area contributed by atoms with E-state index < -0.39 is 0 Å². The molecule has 0 saturated heterocycles. The molecule has 1 heterocycles. The topological polar surface area (TPSA) is 28.2 Å². The summed E-state index contributed by atoms with van der Waals surface area (Å²) in [6.45, 7) is 10.9. The van der Waals surface area contributed by atoms with Crippen molar-refractivity contribution in [3.8, 4) is 0 Å². The first-order valence-electron chi connectivity index (χ1n) is 8.16. The predicted octanol–water partition coefficient (Wildman–Crippen LogP) is 3.52. The minimum Gasteiger partial charge on any atom is -0.356 e. The number of hydrogen-bond acceptors (Lipinski definition) is 3. The molecule has 1 aromatic heterocycles. The summed E-state index contributed by atoms with van der Waals surface area (Å²) in [5.41, 5.74) is 2.49. The largest absolute Gasteiger partial charge is 0.356 e. The molecule has 1 aromatic rings. The standard InChI is InChI=1S/C17H29N3/c1-4-8-18-12-16-10-14(3)19-17(11-16)20(9-5-2)13-15-6-7-15/h10-11,15,18H,4-9,12-13H2,1-3H3. The van der Waals surface area contributed by atoms with Crippen LogP contribution in [0, 0.1) is 12.8 Å². The second-order valence-corrected chi connectivity index (χ2v) is 6.04. The van der Waals surface area contributed by atoms with Crippen molar-refractivity contribution in [1.82, 2.24) is 10.3 Å². The molecular formula is C17H29N3. The summed E-state index contributed by atoms with van der Waals surface area (Å²) in [5.74, 6) is 2.08. The van der Waals surface area contributed by atoms with Crippen molar-refractivity contribution in [3.63, 3.8) is 0 Å². The smallest absolute Gasteiger partial charge is 0.129 e. The minimum absolute atomic E-state index is 0.908. The van der Waals surface area contributed by atoms with Crippen LogP contribution in [0.5, 0.6) is 0 Å². The van der Waals surface area contributed by atoms with Crippen LogP contribution in [0.15, 0.2) is 12.1 Å². The molecule has 0 aliphatic heterocycles. The second kappa shape index (κ2) is 7.63. The minimum atomic E-state index is 0.908. The van der Waals surface area contributed by atoms with Gasteiger partial charge in [0.1, 0.15) is 5.82 Å². The molecular weight excluding hydrogens is 246 g/mol. The average molecular weight is 275 g/mol. The van der Waals surface area contributed by atoms with Gasteiger partial charge < -0.3 is 10.2 Å². The highest BCUT2D eigenvalue weighted by Gasteiger charge is 2.24. The Morgan fingerprint density at radius 2 is 2.05 bits per heavy atom. The average Bonchev–Trinajstić information content (AvgIpc) is 3.22. The van der Waals surface area contributed by atoms with Crippen LogP contribution in [-0.2, 0) is 6.54 Å². The summed E-state index contributed by atoms with van der Waals surface area (Å²) >= 11 is 0. The third-order valence-corrected chi connectivity index (χ3v) is 3.75. The molecule has 20 heavy (non-hydrogen) atoms. The van der Waals surface area contributed by atoms with Crippen molar-refractivity contribution >= 4 is 5.82 Å². The molecule has 0 bridgehead atoms. The van der Waals surface area contributed by atoms with Crippen molar-refractivity contribution in [2.75, 3.05) is 24.5 Å². The SMILES string of the molecule is CCCNCc1cc(C)nc(N(CCC)CC2CC2)c1. The highest BCUT2D eigenvalue weighted by molar-refractivity contribution is 5.43. The molecule has 1 fully saturated rings. The van der Waals surface area contributed by atoms with E-state index in [1.54, 1.807) is 0 Å². The van der Waals surface area contributed by atoms with Crippen molar-refractivity contribution in [3.05, 3.63) is 23.4 Å². The lowest BCUT2D eigenvalue weighted by Crippen LogP contribution is -2.28. The van der Waals surface area contributed by atoms with Crippen LogP contribution >= 0.6 is 0 Å². The van der Waals surface area contributed by atoms with E-state index in [0.717, 1.165) is 31.2 Å². The van der Waals surface area contributed by atoms with Crippen LogP contribution in [0.3, 0.4) is 0 Å². The van der Waals surface area contributed by atoms with Gasteiger partial charge in [-0.2, -0.15) is 0 Å². The van der Waals surface area contributed by atoms with E-state index in [1.165, 1.54) is 43.6 Å². The summed E-state index contributed by atoms with van der Waals surface area (Å²) in [4.78, 5) is 7.24. The third-order valence-electron chi connectivity index (χ3n) is 3.75. The van der Waals surface area contributed by atoms with Gasteiger partial charge in [0, 0.05) is 25.3 Å².